The fourth-order valence-corrected chi connectivity index (χ4v) is 5.94. The summed E-state index contributed by atoms with van der Waals surface area (Å²) in [7, 11) is -3.87. The van der Waals surface area contributed by atoms with Gasteiger partial charge in [-0.3, -0.25) is 9.59 Å². The molecule has 0 aromatic heterocycles. The molecule has 6 nitrogen and oxygen atoms in total. The third-order valence-electron chi connectivity index (χ3n) is 5.95. The van der Waals surface area contributed by atoms with Crippen molar-refractivity contribution >= 4 is 33.4 Å². The molecule has 0 spiro atoms. The molecule has 0 unspecified atom stereocenters. The van der Waals surface area contributed by atoms with Crippen molar-refractivity contribution < 1.29 is 23.1 Å². The molecule has 0 amide bonds. The van der Waals surface area contributed by atoms with Crippen LogP contribution in [-0.2, 0) is 32.5 Å². The number of carboxylic acids is 1. The maximum Gasteiger partial charge on any atom is 0.322 e. The molecule has 176 valence electrons. The lowest BCUT2D eigenvalue weighted by Crippen LogP contribution is -2.40. The number of carboxylic acid groups (broad SMARTS) is 1. The van der Waals surface area contributed by atoms with Crippen molar-refractivity contribution in [1.82, 2.24) is 4.31 Å². The first kappa shape index (κ1) is 24.1. The Morgan fingerprint density at radius 1 is 0.853 bits per heavy atom. The van der Waals surface area contributed by atoms with Crippen molar-refractivity contribution in [1.29, 1.82) is 0 Å². The van der Waals surface area contributed by atoms with Crippen LogP contribution >= 0.6 is 11.6 Å². The van der Waals surface area contributed by atoms with Crippen LogP contribution in [0.1, 0.15) is 24.0 Å². The molecule has 34 heavy (non-hydrogen) atoms. The molecule has 0 saturated carbocycles. The number of nitrogens with zero attached hydrogens (tertiary/aromatic N) is 1. The third-order valence-corrected chi connectivity index (χ3v) is 8.13. The van der Waals surface area contributed by atoms with Crippen LogP contribution in [0.25, 0.3) is 11.1 Å². The molecule has 1 N–H and O–H groups in total. The molecule has 3 aromatic rings. The first-order chi connectivity index (χ1) is 16.2. The average molecular weight is 498 g/mol. The molecule has 1 atom stereocenters. The Morgan fingerprint density at radius 2 is 1.35 bits per heavy atom. The summed E-state index contributed by atoms with van der Waals surface area (Å²) < 4.78 is 26.9. The van der Waals surface area contributed by atoms with Crippen LogP contribution in [0.4, 0.5) is 0 Å². The maximum atomic E-state index is 12.9. The molecule has 0 bridgehead atoms. The van der Waals surface area contributed by atoms with E-state index in [0.29, 0.717) is 30.7 Å². The Morgan fingerprint density at radius 3 is 1.88 bits per heavy atom. The highest BCUT2D eigenvalue weighted by molar-refractivity contribution is 7.89. The van der Waals surface area contributed by atoms with Crippen LogP contribution < -0.4 is 0 Å². The van der Waals surface area contributed by atoms with Crippen molar-refractivity contribution in [2.75, 3.05) is 6.54 Å². The predicted molar refractivity (Wildman–Crippen MR) is 130 cm³/mol. The highest BCUT2D eigenvalue weighted by Gasteiger charge is 2.39. The second-order valence-corrected chi connectivity index (χ2v) is 10.7. The molecule has 0 aliphatic carbocycles. The van der Waals surface area contributed by atoms with Crippen molar-refractivity contribution in [3.8, 4) is 11.1 Å². The van der Waals surface area contributed by atoms with Gasteiger partial charge >= 0.3 is 5.97 Å². The number of carbonyl (C=O) groups excluding carboxylic acids is 1. The normalized spacial score (nSPS) is 16.4. The first-order valence-electron chi connectivity index (χ1n) is 10.9. The minimum Gasteiger partial charge on any atom is -0.480 e. The predicted octanol–water partition coefficient (Wildman–Crippen LogP) is 4.60. The van der Waals surface area contributed by atoms with Gasteiger partial charge in [-0.1, -0.05) is 60.1 Å². The smallest absolute Gasteiger partial charge is 0.322 e. The maximum absolute atomic E-state index is 12.9. The van der Waals surface area contributed by atoms with Gasteiger partial charge in [0, 0.05) is 24.4 Å². The molecule has 4 rings (SSSR count). The number of halogens is 1. The molecule has 1 heterocycles. The zero-order valence-corrected chi connectivity index (χ0v) is 19.9. The molecule has 3 aromatic carbocycles. The Bertz CT molecular complexity index is 1290. The molecule has 1 aliphatic heterocycles. The molecular formula is C26H24ClNO5S. The summed E-state index contributed by atoms with van der Waals surface area (Å²) in [4.78, 5) is 23.9. The summed E-state index contributed by atoms with van der Waals surface area (Å²) in [6.45, 7) is 0.208. The highest BCUT2D eigenvalue weighted by atomic mass is 35.5. The Balaban J connectivity index is 1.42. The molecule has 8 heteroatoms. The zero-order chi connectivity index (χ0) is 24.3. The number of carbonyl (C=O) groups is 2. The molecular weight excluding hydrogens is 474 g/mol. The summed E-state index contributed by atoms with van der Waals surface area (Å²) in [5.41, 5.74) is 3.54. The van der Waals surface area contributed by atoms with Crippen LogP contribution in [0.15, 0.2) is 77.7 Å². The van der Waals surface area contributed by atoms with Gasteiger partial charge in [0.15, 0.2) is 0 Å². The number of benzene rings is 3. The Labute approximate surface area is 203 Å². The van der Waals surface area contributed by atoms with Crippen LogP contribution in [0.3, 0.4) is 0 Å². The summed E-state index contributed by atoms with van der Waals surface area (Å²) in [6, 6.07) is 20.2. The monoisotopic (exact) mass is 497 g/mol. The number of Topliss-reactive ketones (excluding diaryl/α,β-unsaturated/α-hetero) is 1. The van der Waals surface area contributed by atoms with Crippen LogP contribution in [0.2, 0.25) is 5.02 Å². The minimum atomic E-state index is -3.87. The number of rotatable bonds is 8. The van der Waals surface area contributed by atoms with E-state index in [4.69, 9.17) is 11.6 Å². The minimum absolute atomic E-state index is 0.0776. The van der Waals surface area contributed by atoms with Gasteiger partial charge in [0.05, 0.1) is 4.90 Å². The number of ketones is 1. The van der Waals surface area contributed by atoms with Gasteiger partial charge in [-0.25, -0.2) is 8.42 Å². The second kappa shape index (κ2) is 10.1. The third kappa shape index (κ3) is 5.38. The molecule has 1 fully saturated rings. The molecule has 1 aliphatic rings. The largest absolute Gasteiger partial charge is 0.480 e. The summed E-state index contributed by atoms with van der Waals surface area (Å²) in [6.07, 6.45) is 1.51. The van der Waals surface area contributed by atoms with E-state index < -0.39 is 22.0 Å². The molecule has 0 radical (unpaired) electrons. The second-order valence-electron chi connectivity index (χ2n) is 8.35. The van der Waals surface area contributed by atoms with E-state index in [1.54, 1.807) is 24.3 Å². The van der Waals surface area contributed by atoms with Crippen molar-refractivity contribution in [3.05, 3.63) is 88.9 Å². The van der Waals surface area contributed by atoms with Gasteiger partial charge in [-0.2, -0.15) is 4.31 Å². The van der Waals surface area contributed by atoms with Crippen LogP contribution in [0.5, 0.6) is 0 Å². The standard InChI is InChI=1S/C26H24ClNO5S/c27-22-11-5-19(6-12-22)17-23(29)16-18-3-7-20(8-4-18)21-9-13-24(14-10-21)34(32,33)28-15-1-2-25(28)26(30)31/h3-14,25H,1-2,15-17H2,(H,30,31)/t25-/m0/s1. The van der Waals surface area contributed by atoms with Gasteiger partial charge < -0.3 is 5.11 Å². The zero-order valence-electron chi connectivity index (χ0n) is 18.4. The van der Waals surface area contributed by atoms with E-state index in [2.05, 4.69) is 0 Å². The van der Waals surface area contributed by atoms with Crippen molar-refractivity contribution in [3.63, 3.8) is 0 Å². The number of sulfonamides is 1. The number of hydrogen-bond acceptors (Lipinski definition) is 4. The molecule has 1 saturated heterocycles. The summed E-state index contributed by atoms with van der Waals surface area (Å²) >= 11 is 5.88. The van der Waals surface area contributed by atoms with Gasteiger partial charge in [0.1, 0.15) is 11.8 Å². The van der Waals surface area contributed by atoms with Crippen molar-refractivity contribution in [2.45, 2.75) is 36.6 Å². The SMILES string of the molecule is O=C(Cc1ccc(Cl)cc1)Cc1ccc(-c2ccc(S(=O)(=O)N3CCC[C@H]3C(=O)O)cc2)cc1. The lowest BCUT2D eigenvalue weighted by Gasteiger charge is -2.21. The number of aliphatic carboxylic acids is 1. The lowest BCUT2D eigenvalue weighted by molar-refractivity contribution is -0.140. The summed E-state index contributed by atoms with van der Waals surface area (Å²) in [5.74, 6) is -1.02. The van der Waals surface area contributed by atoms with E-state index in [1.807, 2.05) is 36.4 Å². The van der Waals surface area contributed by atoms with Gasteiger partial charge in [-0.15, -0.1) is 0 Å². The van der Waals surface area contributed by atoms with Gasteiger partial charge in [0.2, 0.25) is 10.0 Å². The van der Waals surface area contributed by atoms with Crippen LogP contribution in [0, 0.1) is 0 Å². The highest BCUT2D eigenvalue weighted by Crippen LogP contribution is 2.28. The van der Waals surface area contributed by atoms with Crippen molar-refractivity contribution in [2.24, 2.45) is 0 Å². The van der Waals surface area contributed by atoms with E-state index >= 15 is 0 Å². The summed E-state index contributed by atoms with van der Waals surface area (Å²) in [5, 5.41) is 9.95. The Kier molecular flexibility index (Phi) is 7.16. The van der Waals surface area contributed by atoms with Gasteiger partial charge in [0.25, 0.3) is 0 Å². The number of hydrogen-bond donors (Lipinski definition) is 1. The lowest BCUT2D eigenvalue weighted by atomic mass is 10.00. The topological polar surface area (TPSA) is 91.8 Å². The van der Waals surface area contributed by atoms with E-state index in [9.17, 15) is 23.1 Å². The van der Waals surface area contributed by atoms with E-state index in [1.165, 1.54) is 12.1 Å². The van der Waals surface area contributed by atoms with Crippen LogP contribution in [-0.4, -0.2) is 42.2 Å². The average Bonchev–Trinajstić information content (AvgIpc) is 3.33. The van der Waals surface area contributed by atoms with E-state index in [0.717, 1.165) is 26.6 Å². The quantitative estimate of drug-likeness (QED) is 0.491. The first-order valence-corrected chi connectivity index (χ1v) is 12.8. The van der Waals surface area contributed by atoms with Gasteiger partial charge in [-0.05, 0) is 59.4 Å². The fraction of sp³-hybridized carbons (Fsp3) is 0.231. The Hall–Kier alpha value is -3.00. The fourth-order valence-electron chi connectivity index (χ4n) is 4.16. The van der Waals surface area contributed by atoms with E-state index in [-0.39, 0.29) is 17.2 Å².